The second-order valence-electron chi connectivity index (χ2n) is 4.78. The van der Waals surface area contributed by atoms with Crippen LogP contribution < -0.4 is 0 Å². The van der Waals surface area contributed by atoms with Crippen LogP contribution in [0.25, 0.3) is 0 Å². The Morgan fingerprint density at radius 3 is 2.72 bits per heavy atom. The van der Waals surface area contributed by atoms with E-state index < -0.39 is 10.0 Å². The standard InChI is InChI=1S/C12H19NO3S2/c1-13(9-10-3-2-4-10)18(15,16)12-6-5-11(17-12)7-8-14/h5-6,10,14H,2-4,7-9H2,1H3. The van der Waals surface area contributed by atoms with Gasteiger partial charge in [0, 0.05) is 31.5 Å². The van der Waals surface area contributed by atoms with E-state index in [9.17, 15) is 8.42 Å². The van der Waals surface area contributed by atoms with Gasteiger partial charge in [-0.2, -0.15) is 4.31 Å². The van der Waals surface area contributed by atoms with Crippen molar-refractivity contribution in [1.82, 2.24) is 4.31 Å². The normalized spacial score (nSPS) is 17.1. The zero-order valence-corrected chi connectivity index (χ0v) is 12.1. The highest BCUT2D eigenvalue weighted by Gasteiger charge is 2.27. The van der Waals surface area contributed by atoms with Crippen LogP contribution in [0.2, 0.25) is 0 Å². The minimum atomic E-state index is -3.34. The van der Waals surface area contributed by atoms with Gasteiger partial charge in [-0.05, 0) is 30.9 Å². The molecule has 0 unspecified atom stereocenters. The van der Waals surface area contributed by atoms with Crippen LogP contribution >= 0.6 is 11.3 Å². The van der Waals surface area contributed by atoms with Gasteiger partial charge in [-0.3, -0.25) is 0 Å². The lowest BCUT2D eigenvalue weighted by Crippen LogP contribution is -2.33. The second kappa shape index (κ2) is 5.69. The molecule has 1 aliphatic rings. The number of aliphatic hydroxyl groups excluding tert-OH is 1. The molecule has 1 N–H and O–H groups in total. The molecule has 102 valence electrons. The first kappa shape index (κ1) is 14.0. The Bertz CT molecular complexity index is 491. The largest absolute Gasteiger partial charge is 0.396 e. The Hall–Kier alpha value is -0.430. The molecule has 1 heterocycles. The molecule has 1 aromatic heterocycles. The molecule has 0 atom stereocenters. The molecular weight excluding hydrogens is 270 g/mol. The summed E-state index contributed by atoms with van der Waals surface area (Å²) >= 11 is 1.26. The fourth-order valence-electron chi connectivity index (χ4n) is 2.03. The van der Waals surface area contributed by atoms with Crippen molar-refractivity contribution in [3.63, 3.8) is 0 Å². The SMILES string of the molecule is CN(CC1CCC1)S(=O)(=O)c1ccc(CCO)s1. The van der Waals surface area contributed by atoms with Gasteiger partial charge in [0.25, 0.3) is 10.0 Å². The van der Waals surface area contributed by atoms with Crippen molar-refractivity contribution in [3.8, 4) is 0 Å². The fraction of sp³-hybridized carbons (Fsp3) is 0.667. The van der Waals surface area contributed by atoms with Crippen molar-refractivity contribution < 1.29 is 13.5 Å². The van der Waals surface area contributed by atoms with E-state index in [1.54, 1.807) is 19.2 Å². The number of thiophene rings is 1. The monoisotopic (exact) mass is 289 g/mol. The van der Waals surface area contributed by atoms with E-state index in [-0.39, 0.29) is 6.61 Å². The van der Waals surface area contributed by atoms with Crippen molar-refractivity contribution in [1.29, 1.82) is 0 Å². The van der Waals surface area contributed by atoms with Gasteiger partial charge in [0.1, 0.15) is 4.21 Å². The molecule has 1 fully saturated rings. The van der Waals surface area contributed by atoms with Crippen molar-refractivity contribution in [2.24, 2.45) is 5.92 Å². The lowest BCUT2D eigenvalue weighted by atomic mass is 9.86. The molecule has 0 bridgehead atoms. The van der Waals surface area contributed by atoms with Gasteiger partial charge in [0.2, 0.25) is 0 Å². The summed E-state index contributed by atoms with van der Waals surface area (Å²) in [6.45, 7) is 0.674. The third-order valence-corrected chi connectivity index (χ3v) is 6.84. The summed E-state index contributed by atoms with van der Waals surface area (Å²) in [6, 6.07) is 3.42. The minimum Gasteiger partial charge on any atom is -0.396 e. The Balaban J connectivity index is 2.07. The van der Waals surface area contributed by atoms with Crippen molar-refractivity contribution in [2.45, 2.75) is 29.9 Å². The Labute approximate surface area is 112 Å². The number of hydrogen-bond acceptors (Lipinski definition) is 4. The predicted molar refractivity (Wildman–Crippen MR) is 72.3 cm³/mol. The van der Waals surface area contributed by atoms with Crippen LogP contribution in [0.3, 0.4) is 0 Å². The number of hydrogen-bond donors (Lipinski definition) is 1. The summed E-state index contributed by atoms with van der Waals surface area (Å²) in [5.74, 6) is 0.529. The zero-order valence-electron chi connectivity index (χ0n) is 10.5. The van der Waals surface area contributed by atoms with Crippen molar-refractivity contribution >= 4 is 21.4 Å². The summed E-state index contributed by atoms with van der Waals surface area (Å²) in [7, 11) is -1.69. The molecule has 1 aromatic rings. The molecule has 4 nitrogen and oxygen atoms in total. The van der Waals surface area contributed by atoms with E-state index in [0.29, 0.717) is 23.1 Å². The molecule has 18 heavy (non-hydrogen) atoms. The highest BCUT2D eigenvalue weighted by molar-refractivity contribution is 7.91. The molecule has 0 amide bonds. The highest BCUT2D eigenvalue weighted by atomic mass is 32.2. The summed E-state index contributed by atoms with van der Waals surface area (Å²) in [5, 5.41) is 8.85. The predicted octanol–water partition coefficient (Wildman–Crippen LogP) is 1.70. The molecule has 0 radical (unpaired) electrons. The zero-order chi connectivity index (χ0) is 13.2. The van der Waals surface area contributed by atoms with E-state index in [1.807, 2.05) is 0 Å². The summed E-state index contributed by atoms with van der Waals surface area (Å²) < 4.78 is 26.4. The van der Waals surface area contributed by atoms with E-state index in [4.69, 9.17) is 5.11 Å². The van der Waals surface area contributed by atoms with E-state index in [0.717, 1.165) is 17.7 Å². The smallest absolute Gasteiger partial charge is 0.252 e. The highest BCUT2D eigenvalue weighted by Crippen LogP contribution is 2.30. The van der Waals surface area contributed by atoms with Crippen LogP contribution in [0, 0.1) is 5.92 Å². The Morgan fingerprint density at radius 2 is 2.17 bits per heavy atom. The molecule has 0 spiro atoms. The first-order valence-corrected chi connectivity index (χ1v) is 8.45. The van der Waals surface area contributed by atoms with Crippen LogP contribution in [0.1, 0.15) is 24.1 Å². The maximum Gasteiger partial charge on any atom is 0.252 e. The maximum absolute atomic E-state index is 12.3. The summed E-state index contributed by atoms with van der Waals surface area (Å²) in [5.41, 5.74) is 0. The van der Waals surface area contributed by atoms with E-state index in [2.05, 4.69) is 0 Å². The maximum atomic E-state index is 12.3. The molecular formula is C12H19NO3S2. The summed E-state index contributed by atoms with van der Waals surface area (Å²) in [6.07, 6.45) is 4.02. The Morgan fingerprint density at radius 1 is 1.44 bits per heavy atom. The molecule has 0 aromatic carbocycles. The number of nitrogens with zero attached hydrogens (tertiary/aromatic N) is 1. The van der Waals surface area contributed by atoms with Crippen molar-refractivity contribution in [2.75, 3.05) is 20.2 Å². The van der Waals surface area contributed by atoms with Crippen LogP contribution in [-0.2, 0) is 16.4 Å². The fourth-order valence-corrected chi connectivity index (χ4v) is 4.83. The molecule has 2 rings (SSSR count). The van der Waals surface area contributed by atoms with Crippen LogP contribution in [0.4, 0.5) is 0 Å². The summed E-state index contributed by atoms with van der Waals surface area (Å²) in [4.78, 5) is 0.910. The minimum absolute atomic E-state index is 0.0535. The van der Waals surface area contributed by atoms with Gasteiger partial charge < -0.3 is 5.11 Å². The molecule has 0 aliphatic heterocycles. The van der Waals surface area contributed by atoms with E-state index >= 15 is 0 Å². The van der Waals surface area contributed by atoms with Crippen molar-refractivity contribution in [3.05, 3.63) is 17.0 Å². The van der Waals surface area contributed by atoms with E-state index in [1.165, 1.54) is 22.1 Å². The number of rotatable bonds is 6. The Kier molecular flexibility index (Phi) is 4.42. The average molecular weight is 289 g/mol. The molecule has 1 aliphatic carbocycles. The molecule has 1 saturated carbocycles. The lowest BCUT2D eigenvalue weighted by molar-refractivity contribution is 0.263. The van der Waals surface area contributed by atoms with Gasteiger partial charge >= 0.3 is 0 Å². The quantitative estimate of drug-likeness (QED) is 0.867. The first-order chi connectivity index (χ1) is 8.54. The van der Waals surface area contributed by atoms with Crippen LogP contribution in [0.5, 0.6) is 0 Å². The van der Waals surface area contributed by atoms with Gasteiger partial charge in [-0.15, -0.1) is 11.3 Å². The second-order valence-corrected chi connectivity index (χ2v) is 8.22. The van der Waals surface area contributed by atoms with Crippen LogP contribution in [0.15, 0.2) is 16.3 Å². The number of aliphatic hydroxyl groups is 1. The average Bonchev–Trinajstić information content (AvgIpc) is 2.72. The molecule has 0 saturated heterocycles. The number of sulfonamides is 1. The lowest BCUT2D eigenvalue weighted by Gasteiger charge is -2.29. The van der Waals surface area contributed by atoms with Crippen LogP contribution in [-0.4, -0.2) is 38.0 Å². The van der Waals surface area contributed by atoms with Gasteiger partial charge in [0.05, 0.1) is 0 Å². The topological polar surface area (TPSA) is 57.6 Å². The molecule has 6 heteroatoms. The first-order valence-electron chi connectivity index (χ1n) is 6.20. The third-order valence-electron chi connectivity index (χ3n) is 3.40. The van der Waals surface area contributed by atoms with Gasteiger partial charge in [-0.1, -0.05) is 6.42 Å². The van der Waals surface area contributed by atoms with Gasteiger partial charge in [-0.25, -0.2) is 8.42 Å². The van der Waals surface area contributed by atoms with Gasteiger partial charge in [0.15, 0.2) is 0 Å². The third kappa shape index (κ3) is 2.93.